The average molecular weight is 352 g/mol. The molecule has 0 bridgehead atoms. The van der Waals surface area contributed by atoms with Crippen molar-refractivity contribution in [2.75, 3.05) is 17.7 Å². The standard InChI is InChI=1S/C21H24N2O3/c1-14(2)17-8-5-16(6-9-17)7-12-21(25)23-18-10-11-20(26-4)19(13-18)22-15(3)24/h5-14H,1-4H3,(H,22,24)(H,23,25)/b12-7+. The van der Waals surface area contributed by atoms with Gasteiger partial charge in [-0.1, -0.05) is 38.1 Å². The van der Waals surface area contributed by atoms with Gasteiger partial charge in [0.1, 0.15) is 5.75 Å². The topological polar surface area (TPSA) is 67.4 Å². The van der Waals surface area contributed by atoms with E-state index in [2.05, 4.69) is 36.6 Å². The maximum atomic E-state index is 12.1. The molecule has 0 aliphatic carbocycles. The fraction of sp³-hybridized carbons (Fsp3) is 0.238. The molecule has 2 rings (SSSR count). The molecule has 136 valence electrons. The lowest BCUT2D eigenvalue weighted by atomic mass is 10.0. The lowest BCUT2D eigenvalue weighted by molar-refractivity contribution is -0.114. The first-order chi connectivity index (χ1) is 12.4. The molecule has 2 N–H and O–H groups in total. The van der Waals surface area contributed by atoms with E-state index in [1.54, 1.807) is 24.3 Å². The first-order valence-electron chi connectivity index (χ1n) is 8.43. The van der Waals surface area contributed by atoms with Crippen molar-refractivity contribution < 1.29 is 14.3 Å². The van der Waals surface area contributed by atoms with E-state index in [1.165, 1.54) is 25.7 Å². The van der Waals surface area contributed by atoms with E-state index in [1.807, 2.05) is 12.1 Å². The van der Waals surface area contributed by atoms with Gasteiger partial charge in [0.25, 0.3) is 0 Å². The van der Waals surface area contributed by atoms with Crippen molar-refractivity contribution in [3.63, 3.8) is 0 Å². The van der Waals surface area contributed by atoms with Crippen molar-refractivity contribution in [1.29, 1.82) is 0 Å². The fourth-order valence-corrected chi connectivity index (χ4v) is 2.42. The minimum atomic E-state index is -0.253. The Balaban J connectivity index is 2.05. The van der Waals surface area contributed by atoms with Crippen LogP contribution in [0.4, 0.5) is 11.4 Å². The number of hydrogen-bond acceptors (Lipinski definition) is 3. The number of carbonyl (C=O) groups is 2. The molecule has 0 heterocycles. The van der Waals surface area contributed by atoms with Gasteiger partial charge in [-0.25, -0.2) is 0 Å². The highest BCUT2D eigenvalue weighted by Gasteiger charge is 2.07. The van der Waals surface area contributed by atoms with Crippen LogP contribution in [0.5, 0.6) is 5.75 Å². The summed E-state index contributed by atoms with van der Waals surface area (Å²) in [6, 6.07) is 13.2. The third kappa shape index (κ3) is 5.48. The number of methoxy groups -OCH3 is 1. The number of amides is 2. The molecule has 26 heavy (non-hydrogen) atoms. The molecule has 0 unspecified atom stereocenters. The minimum Gasteiger partial charge on any atom is -0.495 e. The van der Waals surface area contributed by atoms with Gasteiger partial charge in [0.2, 0.25) is 11.8 Å². The van der Waals surface area contributed by atoms with Crippen molar-refractivity contribution >= 4 is 29.3 Å². The van der Waals surface area contributed by atoms with Crippen LogP contribution in [-0.2, 0) is 9.59 Å². The molecule has 2 aromatic carbocycles. The predicted octanol–water partition coefficient (Wildman–Crippen LogP) is 4.43. The maximum absolute atomic E-state index is 12.1. The van der Waals surface area contributed by atoms with Crippen molar-refractivity contribution in [2.24, 2.45) is 0 Å². The largest absolute Gasteiger partial charge is 0.495 e. The number of rotatable bonds is 6. The summed E-state index contributed by atoms with van der Waals surface area (Å²) in [5.41, 5.74) is 3.29. The molecule has 0 aliphatic heterocycles. The summed E-state index contributed by atoms with van der Waals surface area (Å²) < 4.78 is 5.20. The lowest BCUT2D eigenvalue weighted by Gasteiger charge is -2.11. The SMILES string of the molecule is COc1ccc(NC(=O)/C=C/c2ccc(C(C)C)cc2)cc1NC(C)=O. The van der Waals surface area contributed by atoms with Gasteiger partial charge < -0.3 is 15.4 Å². The second kappa shape index (κ2) is 8.85. The Kier molecular flexibility index (Phi) is 6.55. The van der Waals surface area contributed by atoms with Crippen molar-refractivity contribution in [2.45, 2.75) is 26.7 Å². The number of nitrogens with one attached hydrogen (secondary N) is 2. The van der Waals surface area contributed by atoms with Crippen LogP contribution in [-0.4, -0.2) is 18.9 Å². The summed E-state index contributed by atoms with van der Waals surface area (Å²) in [5.74, 6) is 0.539. The van der Waals surface area contributed by atoms with E-state index < -0.39 is 0 Å². The van der Waals surface area contributed by atoms with E-state index in [9.17, 15) is 9.59 Å². The first kappa shape index (κ1) is 19.2. The van der Waals surface area contributed by atoms with E-state index in [4.69, 9.17) is 4.74 Å². The van der Waals surface area contributed by atoms with Crippen LogP contribution >= 0.6 is 0 Å². The van der Waals surface area contributed by atoms with Crippen molar-refractivity contribution in [3.05, 3.63) is 59.7 Å². The Labute approximate surface area is 154 Å². The number of ether oxygens (including phenoxy) is 1. The summed E-state index contributed by atoms with van der Waals surface area (Å²) in [5, 5.41) is 5.45. The van der Waals surface area contributed by atoms with Gasteiger partial charge in [-0.3, -0.25) is 9.59 Å². The average Bonchev–Trinajstić information content (AvgIpc) is 2.60. The molecule has 0 fully saturated rings. The molecule has 0 aliphatic rings. The highest BCUT2D eigenvalue weighted by molar-refractivity contribution is 6.02. The molecular formula is C21H24N2O3. The zero-order valence-corrected chi connectivity index (χ0v) is 15.5. The summed E-state index contributed by atoms with van der Waals surface area (Å²) in [4.78, 5) is 23.4. The summed E-state index contributed by atoms with van der Waals surface area (Å²) >= 11 is 0. The van der Waals surface area contributed by atoms with Gasteiger partial charge in [-0.05, 0) is 41.3 Å². The van der Waals surface area contributed by atoms with Gasteiger partial charge in [0, 0.05) is 18.7 Å². The minimum absolute atomic E-state index is 0.212. The normalized spacial score (nSPS) is 10.8. The van der Waals surface area contributed by atoms with Gasteiger partial charge in [-0.15, -0.1) is 0 Å². The Bertz CT molecular complexity index is 809. The van der Waals surface area contributed by atoms with Gasteiger partial charge in [0.15, 0.2) is 0 Å². The highest BCUT2D eigenvalue weighted by Crippen LogP contribution is 2.27. The Morgan fingerprint density at radius 2 is 1.73 bits per heavy atom. The van der Waals surface area contributed by atoms with Crippen LogP contribution in [0.2, 0.25) is 0 Å². The van der Waals surface area contributed by atoms with Crippen molar-refractivity contribution in [1.82, 2.24) is 0 Å². The number of carbonyl (C=O) groups excluding carboxylic acids is 2. The Morgan fingerprint density at radius 3 is 2.31 bits per heavy atom. The third-order valence-electron chi connectivity index (χ3n) is 3.81. The van der Waals surface area contributed by atoms with Gasteiger partial charge in [-0.2, -0.15) is 0 Å². The number of anilines is 2. The van der Waals surface area contributed by atoms with Gasteiger partial charge >= 0.3 is 0 Å². The first-order valence-corrected chi connectivity index (χ1v) is 8.43. The number of hydrogen-bond donors (Lipinski definition) is 2. The highest BCUT2D eigenvalue weighted by atomic mass is 16.5. The molecule has 5 nitrogen and oxygen atoms in total. The number of benzene rings is 2. The fourth-order valence-electron chi connectivity index (χ4n) is 2.42. The third-order valence-corrected chi connectivity index (χ3v) is 3.81. The van der Waals surface area contributed by atoms with E-state index in [0.717, 1.165) is 5.56 Å². The quantitative estimate of drug-likeness (QED) is 0.756. The van der Waals surface area contributed by atoms with Crippen LogP contribution in [0.3, 0.4) is 0 Å². The zero-order chi connectivity index (χ0) is 19.1. The maximum Gasteiger partial charge on any atom is 0.248 e. The van der Waals surface area contributed by atoms with E-state index in [-0.39, 0.29) is 11.8 Å². The molecule has 0 aromatic heterocycles. The van der Waals surface area contributed by atoms with Crippen LogP contribution in [0.1, 0.15) is 37.8 Å². The zero-order valence-electron chi connectivity index (χ0n) is 15.5. The summed E-state index contributed by atoms with van der Waals surface area (Å²) in [6.07, 6.45) is 3.24. The van der Waals surface area contributed by atoms with Crippen LogP contribution in [0.25, 0.3) is 6.08 Å². The Hall–Kier alpha value is -3.08. The molecule has 0 radical (unpaired) electrons. The van der Waals surface area contributed by atoms with Crippen molar-refractivity contribution in [3.8, 4) is 5.75 Å². The lowest BCUT2D eigenvalue weighted by Crippen LogP contribution is -2.10. The molecule has 5 heteroatoms. The molecular weight excluding hydrogens is 328 g/mol. The molecule has 2 aromatic rings. The Morgan fingerprint density at radius 1 is 1.04 bits per heavy atom. The summed E-state index contributed by atoms with van der Waals surface area (Å²) in [7, 11) is 1.52. The summed E-state index contributed by atoms with van der Waals surface area (Å²) in [6.45, 7) is 5.70. The van der Waals surface area contributed by atoms with E-state index in [0.29, 0.717) is 23.0 Å². The molecule has 2 amide bonds. The molecule has 0 saturated carbocycles. The smallest absolute Gasteiger partial charge is 0.248 e. The monoisotopic (exact) mass is 352 g/mol. The second-order valence-electron chi connectivity index (χ2n) is 6.24. The van der Waals surface area contributed by atoms with E-state index >= 15 is 0 Å². The van der Waals surface area contributed by atoms with Crippen LogP contribution in [0, 0.1) is 0 Å². The predicted molar refractivity (Wildman–Crippen MR) is 105 cm³/mol. The molecule has 0 atom stereocenters. The molecule has 0 spiro atoms. The second-order valence-corrected chi connectivity index (χ2v) is 6.24. The van der Waals surface area contributed by atoms with Crippen LogP contribution < -0.4 is 15.4 Å². The molecule has 0 saturated heterocycles. The van der Waals surface area contributed by atoms with Gasteiger partial charge in [0.05, 0.1) is 12.8 Å². The van der Waals surface area contributed by atoms with Crippen LogP contribution in [0.15, 0.2) is 48.5 Å².